The van der Waals surface area contributed by atoms with Crippen LogP contribution in [0.3, 0.4) is 0 Å². The summed E-state index contributed by atoms with van der Waals surface area (Å²) >= 11 is 2.56. The van der Waals surface area contributed by atoms with Crippen LogP contribution < -0.4 is 10.9 Å². The zero-order valence-corrected chi connectivity index (χ0v) is 63.2. The highest BCUT2D eigenvalue weighted by atomic mass is 32.1. The standard InChI is InChI=1S/C82H134B2N4O4S2/c1-9-13-17-21-25-29-33-37-41-45-49-53-57-81(58-54-50-46-42-38-34-30-26-22-18-14-10-2)67-62-66-68(61-65(67)73-69(81)63-71(83(89)90)75-77(73)87-93-85-75)82(59-55-51-47-43-39-35-31-27-23-19-15-11-3,60-56-52-48-44-40-36-32-28-24-20-16-12-4)70-64-72(76-78(74(66)70)88-94-86-76)84-91-79(5,6)80(7,8)92-84/h61-64,89-90H,9-60H2,1-8H3. The third kappa shape index (κ3) is 20.5. The van der Waals surface area contributed by atoms with Gasteiger partial charge in [0.05, 0.1) is 34.7 Å². The van der Waals surface area contributed by atoms with Crippen LogP contribution >= 0.6 is 23.5 Å². The Hall–Kier alpha value is -2.73. The van der Waals surface area contributed by atoms with Crippen LogP contribution in [0.15, 0.2) is 24.3 Å². The molecule has 1 saturated heterocycles. The minimum atomic E-state index is -1.64. The van der Waals surface area contributed by atoms with Crippen molar-refractivity contribution in [2.45, 2.75) is 411 Å². The summed E-state index contributed by atoms with van der Waals surface area (Å²) in [7, 11) is -2.20. The summed E-state index contributed by atoms with van der Waals surface area (Å²) in [5.74, 6) is 0. The summed E-state index contributed by atoms with van der Waals surface area (Å²) in [6.07, 6.45) is 67.7. The summed E-state index contributed by atoms with van der Waals surface area (Å²) in [5, 5.41) is 22.7. The van der Waals surface area contributed by atoms with Gasteiger partial charge >= 0.3 is 14.2 Å². The maximum absolute atomic E-state index is 11.4. The summed E-state index contributed by atoms with van der Waals surface area (Å²) in [6, 6.07) is 10.1. The first-order chi connectivity index (χ1) is 45.9. The Labute approximate surface area is 584 Å². The van der Waals surface area contributed by atoms with Crippen molar-refractivity contribution in [3.05, 3.63) is 46.5 Å². The largest absolute Gasteiger partial charge is 0.497 e. The average molecular weight is 1330 g/mol. The van der Waals surface area contributed by atoms with Crippen LogP contribution in [-0.2, 0) is 20.1 Å². The molecule has 0 atom stereocenters. The maximum Gasteiger partial charge on any atom is 0.497 e. The highest BCUT2D eigenvalue weighted by Crippen LogP contribution is 2.62. The summed E-state index contributed by atoms with van der Waals surface area (Å²) in [4.78, 5) is 0. The molecule has 2 N–H and O–H groups in total. The molecule has 1 aliphatic heterocycles. The van der Waals surface area contributed by atoms with Crippen LogP contribution in [0, 0.1) is 0 Å². The Morgan fingerprint density at radius 2 is 0.585 bits per heavy atom. The second kappa shape index (κ2) is 40.5. The van der Waals surface area contributed by atoms with E-state index in [1.807, 2.05) is 0 Å². The molecule has 0 bridgehead atoms. The lowest BCUT2D eigenvalue weighted by molar-refractivity contribution is 0.00578. The van der Waals surface area contributed by atoms with E-state index in [4.69, 9.17) is 26.8 Å². The molecule has 3 aliphatic rings. The van der Waals surface area contributed by atoms with Gasteiger partial charge in [0.15, 0.2) is 0 Å². The van der Waals surface area contributed by atoms with Crippen LogP contribution in [0.2, 0.25) is 0 Å². The molecule has 524 valence electrons. The minimum absolute atomic E-state index is 0.274. The van der Waals surface area contributed by atoms with Crippen molar-refractivity contribution < 1.29 is 19.4 Å². The molecular formula is C82H134B2N4O4S2. The fourth-order valence-corrected chi connectivity index (χ4v) is 18.2. The first-order valence-electron chi connectivity index (χ1n) is 40.4. The van der Waals surface area contributed by atoms with Gasteiger partial charge in [-0.3, -0.25) is 0 Å². The van der Waals surface area contributed by atoms with Crippen LogP contribution in [0.1, 0.15) is 412 Å². The van der Waals surface area contributed by atoms with Crippen LogP contribution in [0.25, 0.3) is 44.3 Å². The van der Waals surface area contributed by atoms with Gasteiger partial charge in [0, 0.05) is 32.9 Å². The van der Waals surface area contributed by atoms with Gasteiger partial charge in [-0.2, -0.15) is 17.5 Å². The SMILES string of the molecule is CCCCCCCCCCCCCCC1(CCCCCCCCCCCCCC)c2cc3c(cc2-c2c1cc(B(O)O)c1nsnc21)C(CCCCCCCCCCCCCC)(CCCCCCCCCCCCCC)c1cc(B2OC(C)(C)C(C)(C)O2)c2nsnc2c1-3. The summed E-state index contributed by atoms with van der Waals surface area (Å²) in [6.45, 7) is 18.0. The third-order valence-corrected chi connectivity index (χ3v) is 24.6. The Kier molecular flexibility index (Phi) is 33.2. The van der Waals surface area contributed by atoms with E-state index in [0.29, 0.717) is 11.0 Å². The Morgan fingerprint density at radius 3 is 0.883 bits per heavy atom. The molecule has 2 aromatic heterocycles. The monoisotopic (exact) mass is 1330 g/mol. The molecule has 0 radical (unpaired) electrons. The molecule has 0 unspecified atom stereocenters. The Balaban J connectivity index is 1.19. The first kappa shape index (κ1) is 77.0. The normalized spacial score (nSPS) is 15.7. The lowest BCUT2D eigenvalue weighted by Gasteiger charge is -2.35. The van der Waals surface area contributed by atoms with Gasteiger partial charge in [0.2, 0.25) is 0 Å². The molecule has 12 heteroatoms. The molecule has 0 spiro atoms. The van der Waals surface area contributed by atoms with E-state index in [-0.39, 0.29) is 10.8 Å². The van der Waals surface area contributed by atoms with Crippen molar-refractivity contribution in [3.8, 4) is 22.3 Å². The lowest BCUT2D eigenvalue weighted by Crippen LogP contribution is -2.41. The molecule has 8 rings (SSSR count). The second-order valence-corrected chi connectivity index (χ2v) is 32.4. The lowest BCUT2D eigenvalue weighted by atomic mass is 9.67. The fraction of sp³-hybridized carbons (Fsp3) is 0.780. The van der Waals surface area contributed by atoms with Gasteiger partial charge in [-0.15, -0.1) is 0 Å². The molecule has 94 heavy (non-hydrogen) atoms. The van der Waals surface area contributed by atoms with Gasteiger partial charge in [0.1, 0.15) is 22.1 Å². The van der Waals surface area contributed by atoms with Crippen molar-refractivity contribution in [3.63, 3.8) is 0 Å². The van der Waals surface area contributed by atoms with E-state index in [1.54, 1.807) is 0 Å². The minimum Gasteiger partial charge on any atom is -0.423 e. The topological polar surface area (TPSA) is 110 Å². The number of rotatable bonds is 54. The third-order valence-electron chi connectivity index (χ3n) is 23.5. The first-order valence-corrected chi connectivity index (χ1v) is 41.9. The van der Waals surface area contributed by atoms with Gasteiger partial charge < -0.3 is 19.4 Å². The zero-order valence-electron chi connectivity index (χ0n) is 61.5. The van der Waals surface area contributed by atoms with Crippen molar-refractivity contribution in [1.82, 2.24) is 17.5 Å². The van der Waals surface area contributed by atoms with Gasteiger partial charge in [-0.1, -0.05) is 348 Å². The van der Waals surface area contributed by atoms with E-state index in [0.717, 1.165) is 60.5 Å². The predicted molar refractivity (Wildman–Crippen MR) is 409 cm³/mol. The number of benzene rings is 3. The number of unbranched alkanes of at least 4 members (excludes halogenated alkanes) is 44. The van der Waals surface area contributed by atoms with Gasteiger partial charge in [0.25, 0.3) is 0 Å². The van der Waals surface area contributed by atoms with Crippen molar-refractivity contribution in [2.24, 2.45) is 0 Å². The highest BCUT2D eigenvalue weighted by molar-refractivity contribution is 7.00. The molecule has 2 aliphatic carbocycles. The predicted octanol–water partition coefficient (Wildman–Crippen LogP) is 24.6. The molecule has 0 saturated carbocycles. The van der Waals surface area contributed by atoms with Crippen LogP contribution in [0.5, 0.6) is 0 Å². The Morgan fingerprint density at radius 1 is 0.330 bits per heavy atom. The van der Waals surface area contributed by atoms with E-state index >= 15 is 0 Å². The summed E-state index contributed by atoms with van der Waals surface area (Å²) < 4.78 is 34.8. The fourth-order valence-electron chi connectivity index (χ4n) is 17.1. The number of hydrogen-bond donors (Lipinski definition) is 2. The van der Waals surface area contributed by atoms with Crippen molar-refractivity contribution in [2.75, 3.05) is 0 Å². The van der Waals surface area contributed by atoms with E-state index < -0.39 is 25.4 Å². The quantitative estimate of drug-likeness (QED) is 0.0293. The van der Waals surface area contributed by atoms with Crippen molar-refractivity contribution in [1.29, 1.82) is 0 Å². The van der Waals surface area contributed by atoms with Gasteiger partial charge in [-0.25, -0.2) is 0 Å². The van der Waals surface area contributed by atoms with E-state index in [1.165, 1.54) is 363 Å². The second-order valence-electron chi connectivity index (χ2n) is 31.3. The van der Waals surface area contributed by atoms with Gasteiger partial charge in [-0.05, 0) is 98.9 Å². The zero-order chi connectivity index (χ0) is 66.5. The molecule has 8 nitrogen and oxygen atoms in total. The number of aromatic nitrogens is 4. The number of fused-ring (bicyclic) bond motifs is 10. The summed E-state index contributed by atoms with van der Waals surface area (Å²) in [5.41, 5.74) is 14.0. The Bertz CT molecular complexity index is 2880. The van der Waals surface area contributed by atoms with Crippen molar-refractivity contribution >= 4 is 70.7 Å². The van der Waals surface area contributed by atoms with E-state index in [2.05, 4.69) is 79.7 Å². The van der Waals surface area contributed by atoms with E-state index in [9.17, 15) is 10.0 Å². The van der Waals surface area contributed by atoms with Crippen LogP contribution in [0.4, 0.5) is 0 Å². The average Bonchev–Trinajstić information content (AvgIpc) is 1.52. The molecule has 1 fully saturated rings. The molecule has 5 aromatic rings. The molecular weight excluding hydrogens is 1190 g/mol. The molecule has 3 heterocycles. The highest BCUT2D eigenvalue weighted by Gasteiger charge is 2.55. The smallest absolute Gasteiger partial charge is 0.423 e. The molecule has 0 amide bonds. The maximum atomic E-state index is 11.4. The number of nitrogens with zero attached hydrogens (tertiary/aromatic N) is 4. The van der Waals surface area contributed by atoms with Crippen LogP contribution in [-0.4, -0.2) is 53.0 Å². The molecule has 3 aromatic carbocycles. The number of hydrogen-bond acceptors (Lipinski definition) is 10.